The molecule has 0 radical (unpaired) electrons. The molecule has 1 amide bonds. The Balaban J connectivity index is 2.70. The topological polar surface area (TPSA) is 64.6 Å². The van der Waals surface area contributed by atoms with Gasteiger partial charge in [-0.15, -0.1) is 0 Å². The van der Waals surface area contributed by atoms with Crippen molar-refractivity contribution >= 4 is 11.9 Å². The smallest absolute Gasteiger partial charge is 0.319 e. The van der Waals surface area contributed by atoms with Crippen molar-refractivity contribution in [1.29, 1.82) is 0 Å². The van der Waals surface area contributed by atoms with E-state index in [0.717, 1.165) is 12.8 Å². The molecule has 1 aliphatic rings. The highest BCUT2D eigenvalue weighted by molar-refractivity contribution is 5.98. The second-order valence-corrected chi connectivity index (χ2v) is 6.46. The maximum Gasteiger partial charge on any atom is 0.319 e. The zero-order valence-electron chi connectivity index (χ0n) is 13.2. The maximum absolute atomic E-state index is 12.4. The predicted octanol–water partition coefficient (Wildman–Crippen LogP) is 1.90. The van der Waals surface area contributed by atoms with Gasteiger partial charge in [-0.1, -0.05) is 20.8 Å². The summed E-state index contributed by atoms with van der Waals surface area (Å²) in [5, 5.41) is 2.98. The summed E-state index contributed by atoms with van der Waals surface area (Å²) in [6.07, 6.45) is 1.71. The quantitative estimate of drug-likeness (QED) is 0.633. The van der Waals surface area contributed by atoms with Gasteiger partial charge in [0.25, 0.3) is 0 Å². The van der Waals surface area contributed by atoms with E-state index in [1.165, 1.54) is 0 Å². The lowest BCUT2D eigenvalue weighted by molar-refractivity contribution is -0.157. The highest BCUT2D eigenvalue weighted by Crippen LogP contribution is 2.28. The molecular weight excluding hydrogens is 258 g/mol. The molecule has 0 aromatic rings. The second-order valence-electron chi connectivity index (χ2n) is 6.46. The first-order valence-electron chi connectivity index (χ1n) is 7.34. The zero-order valence-corrected chi connectivity index (χ0v) is 13.2. The van der Waals surface area contributed by atoms with Crippen LogP contribution in [-0.4, -0.2) is 37.2 Å². The van der Waals surface area contributed by atoms with E-state index in [9.17, 15) is 9.59 Å². The number of carbonyl (C=O) groups excluding carboxylic acids is 2. The van der Waals surface area contributed by atoms with Crippen LogP contribution in [0.2, 0.25) is 0 Å². The lowest BCUT2D eigenvalue weighted by atomic mass is 9.80. The van der Waals surface area contributed by atoms with Crippen molar-refractivity contribution in [1.82, 2.24) is 5.32 Å². The number of ether oxygens (including phenoxy) is 2. The highest BCUT2D eigenvalue weighted by Gasteiger charge is 2.39. The second kappa shape index (κ2) is 7.07. The van der Waals surface area contributed by atoms with Gasteiger partial charge >= 0.3 is 5.97 Å². The summed E-state index contributed by atoms with van der Waals surface area (Å²) in [5.41, 5.74) is -0.465. The predicted molar refractivity (Wildman–Crippen MR) is 76.2 cm³/mol. The fourth-order valence-electron chi connectivity index (χ4n) is 2.49. The van der Waals surface area contributed by atoms with Crippen molar-refractivity contribution < 1.29 is 19.1 Å². The molecule has 1 rings (SSSR count). The minimum atomic E-state index is -0.777. The normalized spacial score (nSPS) is 24.9. The number of hydrogen-bond acceptors (Lipinski definition) is 4. The molecular formula is C15H27NO4. The Kier molecular flexibility index (Phi) is 5.99. The van der Waals surface area contributed by atoms with Gasteiger partial charge in [-0.3, -0.25) is 9.59 Å². The molecule has 0 aliphatic carbocycles. The SMILES string of the molecule is CCOC(=O)C(C(=O)NC1CCOC(C)C1)C(C)(C)C. The Morgan fingerprint density at radius 3 is 2.55 bits per heavy atom. The highest BCUT2D eigenvalue weighted by atomic mass is 16.5. The molecule has 5 heteroatoms. The van der Waals surface area contributed by atoms with E-state index >= 15 is 0 Å². The summed E-state index contributed by atoms with van der Waals surface area (Å²) in [7, 11) is 0. The van der Waals surface area contributed by atoms with E-state index in [1.807, 2.05) is 27.7 Å². The maximum atomic E-state index is 12.4. The third-order valence-corrected chi connectivity index (χ3v) is 3.48. The molecule has 1 aliphatic heterocycles. The third-order valence-electron chi connectivity index (χ3n) is 3.48. The molecule has 20 heavy (non-hydrogen) atoms. The molecule has 0 bridgehead atoms. The van der Waals surface area contributed by atoms with Crippen LogP contribution in [0, 0.1) is 11.3 Å². The van der Waals surface area contributed by atoms with Gasteiger partial charge in [0.05, 0.1) is 12.7 Å². The van der Waals surface area contributed by atoms with E-state index in [0.29, 0.717) is 6.61 Å². The molecule has 1 heterocycles. The van der Waals surface area contributed by atoms with Gasteiger partial charge in [-0.2, -0.15) is 0 Å². The van der Waals surface area contributed by atoms with Crippen LogP contribution in [-0.2, 0) is 19.1 Å². The van der Waals surface area contributed by atoms with Crippen LogP contribution in [0.1, 0.15) is 47.5 Å². The average molecular weight is 285 g/mol. The van der Waals surface area contributed by atoms with Gasteiger partial charge in [0.15, 0.2) is 0 Å². The van der Waals surface area contributed by atoms with Gasteiger partial charge in [0.1, 0.15) is 5.92 Å². The molecule has 0 spiro atoms. The first kappa shape index (κ1) is 17.0. The van der Waals surface area contributed by atoms with Crippen LogP contribution in [0.15, 0.2) is 0 Å². The molecule has 0 aromatic heterocycles. The van der Waals surface area contributed by atoms with E-state index in [-0.39, 0.29) is 24.7 Å². The Labute approximate surface area is 121 Å². The lowest BCUT2D eigenvalue weighted by Crippen LogP contribution is -2.49. The third kappa shape index (κ3) is 4.78. The lowest BCUT2D eigenvalue weighted by Gasteiger charge is -2.32. The van der Waals surface area contributed by atoms with Crippen LogP contribution < -0.4 is 5.32 Å². The first-order chi connectivity index (χ1) is 9.25. The van der Waals surface area contributed by atoms with Crippen molar-refractivity contribution in [3.8, 4) is 0 Å². The van der Waals surface area contributed by atoms with Crippen LogP contribution in [0.5, 0.6) is 0 Å². The van der Waals surface area contributed by atoms with Gasteiger partial charge < -0.3 is 14.8 Å². The minimum absolute atomic E-state index is 0.0746. The summed E-state index contributed by atoms with van der Waals surface area (Å²) in [6.45, 7) is 10.3. The fraction of sp³-hybridized carbons (Fsp3) is 0.867. The number of amides is 1. The summed E-state index contributed by atoms with van der Waals surface area (Å²) >= 11 is 0. The van der Waals surface area contributed by atoms with E-state index < -0.39 is 17.3 Å². The fourth-order valence-corrected chi connectivity index (χ4v) is 2.49. The minimum Gasteiger partial charge on any atom is -0.465 e. The summed E-state index contributed by atoms with van der Waals surface area (Å²) in [6, 6.07) is 0.0746. The summed E-state index contributed by atoms with van der Waals surface area (Å²) in [4.78, 5) is 24.5. The van der Waals surface area contributed by atoms with Crippen LogP contribution in [0.3, 0.4) is 0 Å². The molecule has 3 atom stereocenters. The van der Waals surface area contributed by atoms with Gasteiger partial charge in [-0.05, 0) is 32.1 Å². The molecule has 1 saturated heterocycles. The van der Waals surface area contributed by atoms with Crippen molar-refractivity contribution in [3.63, 3.8) is 0 Å². The van der Waals surface area contributed by atoms with E-state index in [2.05, 4.69) is 5.32 Å². The largest absolute Gasteiger partial charge is 0.465 e. The van der Waals surface area contributed by atoms with Crippen LogP contribution in [0.4, 0.5) is 0 Å². The molecule has 3 unspecified atom stereocenters. The molecule has 1 N–H and O–H groups in total. The number of nitrogens with one attached hydrogen (secondary N) is 1. The van der Waals surface area contributed by atoms with Crippen molar-refractivity contribution in [2.45, 2.75) is 59.6 Å². The Morgan fingerprint density at radius 1 is 1.40 bits per heavy atom. The Hall–Kier alpha value is -1.10. The van der Waals surface area contributed by atoms with Gasteiger partial charge in [-0.25, -0.2) is 0 Å². The Bertz CT molecular complexity index is 348. The van der Waals surface area contributed by atoms with E-state index in [1.54, 1.807) is 6.92 Å². The van der Waals surface area contributed by atoms with Crippen LogP contribution >= 0.6 is 0 Å². The standard InChI is InChI=1S/C15H27NO4/c1-6-19-14(18)12(15(3,4)5)13(17)16-11-7-8-20-10(2)9-11/h10-12H,6-9H2,1-5H3,(H,16,17). The molecule has 1 fully saturated rings. The molecule has 0 saturated carbocycles. The monoisotopic (exact) mass is 285 g/mol. The van der Waals surface area contributed by atoms with Crippen molar-refractivity contribution in [2.24, 2.45) is 11.3 Å². The number of carbonyl (C=O) groups is 2. The van der Waals surface area contributed by atoms with Crippen LogP contribution in [0.25, 0.3) is 0 Å². The number of hydrogen-bond donors (Lipinski definition) is 1. The van der Waals surface area contributed by atoms with Crippen molar-refractivity contribution in [3.05, 3.63) is 0 Å². The summed E-state index contributed by atoms with van der Waals surface area (Å²) < 4.78 is 10.5. The van der Waals surface area contributed by atoms with Crippen molar-refractivity contribution in [2.75, 3.05) is 13.2 Å². The number of rotatable bonds is 4. The molecule has 5 nitrogen and oxygen atoms in total. The molecule has 116 valence electrons. The first-order valence-corrected chi connectivity index (χ1v) is 7.34. The Morgan fingerprint density at radius 2 is 2.05 bits per heavy atom. The zero-order chi connectivity index (χ0) is 15.3. The average Bonchev–Trinajstić information content (AvgIpc) is 2.26. The molecule has 0 aromatic carbocycles. The van der Waals surface area contributed by atoms with Gasteiger partial charge in [0.2, 0.25) is 5.91 Å². The van der Waals surface area contributed by atoms with E-state index in [4.69, 9.17) is 9.47 Å². The number of esters is 1. The van der Waals surface area contributed by atoms with Gasteiger partial charge in [0, 0.05) is 12.6 Å². The summed E-state index contributed by atoms with van der Waals surface area (Å²) in [5.74, 6) is -1.46.